The minimum atomic E-state index is 0.497. The van der Waals surface area contributed by atoms with Crippen molar-refractivity contribution in [2.45, 2.75) is 0 Å². The van der Waals surface area contributed by atoms with Gasteiger partial charge in [0.15, 0.2) is 5.82 Å². The van der Waals surface area contributed by atoms with Crippen molar-refractivity contribution in [2.24, 2.45) is 0 Å². The number of halogens is 2. The van der Waals surface area contributed by atoms with Gasteiger partial charge in [0.2, 0.25) is 12.4 Å². The average Bonchev–Trinajstić information content (AvgIpc) is 2.59. The third-order valence-electron chi connectivity index (χ3n) is 3.51. The molecule has 120 valence electrons. The minimum absolute atomic E-state index is 0.497. The number of benzene rings is 1. The monoisotopic (exact) mass is 352 g/mol. The first-order valence-corrected chi connectivity index (χ1v) is 7.78. The number of nitrogens with one attached hydrogen (secondary N) is 1. The molecule has 23 heavy (non-hydrogen) atoms. The number of aromatic nitrogens is 3. The van der Waals surface area contributed by atoms with E-state index in [1.807, 2.05) is 4.90 Å². The Kier molecular flexibility index (Phi) is 4.78. The van der Waals surface area contributed by atoms with Gasteiger partial charge in [-0.3, -0.25) is 4.79 Å². The van der Waals surface area contributed by atoms with Gasteiger partial charge in [-0.05, 0) is 12.1 Å². The fourth-order valence-corrected chi connectivity index (χ4v) is 2.75. The van der Waals surface area contributed by atoms with Gasteiger partial charge in [0.05, 0.1) is 21.9 Å². The van der Waals surface area contributed by atoms with Crippen LogP contribution in [0.15, 0.2) is 24.4 Å². The van der Waals surface area contributed by atoms with Crippen LogP contribution in [0.25, 0.3) is 0 Å². The molecule has 3 rings (SSSR count). The lowest BCUT2D eigenvalue weighted by Crippen LogP contribution is -2.46. The maximum absolute atomic E-state index is 10.8. The van der Waals surface area contributed by atoms with Gasteiger partial charge < -0.3 is 15.1 Å². The smallest absolute Gasteiger partial charge is 0.247 e. The zero-order valence-corrected chi connectivity index (χ0v) is 13.6. The topological polar surface area (TPSA) is 74.2 Å². The van der Waals surface area contributed by atoms with Gasteiger partial charge in [0.1, 0.15) is 0 Å². The zero-order chi connectivity index (χ0) is 16.2. The summed E-state index contributed by atoms with van der Waals surface area (Å²) in [5.74, 6) is 1.01. The molecule has 2 heterocycles. The minimum Gasteiger partial charge on any atom is -0.342 e. The second kappa shape index (κ2) is 6.97. The molecule has 1 saturated heterocycles. The summed E-state index contributed by atoms with van der Waals surface area (Å²) in [7, 11) is 0. The van der Waals surface area contributed by atoms with E-state index in [-0.39, 0.29) is 0 Å². The molecule has 0 aliphatic carbocycles. The van der Waals surface area contributed by atoms with Crippen LogP contribution in [-0.4, -0.2) is 52.7 Å². The molecule has 1 aromatic heterocycles. The number of amides is 1. The molecule has 0 spiro atoms. The molecule has 1 amide bonds. The number of rotatable bonds is 4. The molecule has 0 unspecified atom stereocenters. The van der Waals surface area contributed by atoms with Gasteiger partial charge >= 0.3 is 0 Å². The molecule has 1 aliphatic heterocycles. The Morgan fingerprint density at radius 1 is 1.13 bits per heavy atom. The summed E-state index contributed by atoms with van der Waals surface area (Å²) >= 11 is 12.3. The van der Waals surface area contributed by atoms with E-state index in [9.17, 15) is 4.79 Å². The van der Waals surface area contributed by atoms with Crippen LogP contribution in [-0.2, 0) is 4.79 Å². The Balaban J connectivity index is 1.77. The van der Waals surface area contributed by atoms with Crippen LogP contribution in [0.1, 0.15) is 0 Å². The third-order valence-corrected chi connectivity index (χ3v) is 4.14. The van der Waals surface area contributed by atoms with Gasteiger partial charge in [-0.2, -0.15) is 10.1 Å². The van der Waals surface area contributed by atoms with Crippen molar-refractivity contribution in [3.05, 3.63) is 34.4 Å². The molecule has 0 radical (unpaired) electrons. The molecule has 0 saturated carbocycles. The zero-order valence-electron chi connectivity index (χ0n) is 12.1. The van der Waals surface area contributed by atoms with E-state index in [0.29, 0.717) is 53.7 Å². The first kappa shape index (κ1) is 15.8. The molecule has 1 aliphatic rings. The lowest BCUT2D eigenvalue weighted by atomic mass is 10.3. The molecule has 7 nitrogen and oxygen atoms in total. The SMILES string of the molecule is O=CN1CCN(c2nncc(Nc3c(Cl)cccc3Cl)n2)CC1. The summed E-state index contributed by atoms with van der Waals surface area (Å²) < 4.78 is 0. The quantitative estimate of drug-likeness (QED) is 0.850. The molecular formula is C14H14Cl2N6O. The average molecular weight is 353 g/mol. The van der Waals surface area contributed by atoms with Gasteiger partial charge in [0.25, 0.3) is 0 Å². The van der Waals surface area contributed by atoms with E-state index in [4.69, 9.17) is 23.2 Å². The first-order valence-electron chi connectivity index (χ1n) is 7.02. The predicted octanol–water partition coefficient (Wildman–Crippen LogP) is 2.20. The number of anilines is 3. The second-order valence-electron chi connectivity index (χ2n) is 4.99. The maximum Gasteiger partial charge on any atom is 0.247 e. The van der Waals surface area contributed by atoms with Crippen molar-refractivity contribution in [1.29, 1.82) is 0 Å². The van der Waals surface area contributed by atoms with Crippen LogP contribution < -0.4 is 10.2 Å². The van der Waals surface area contributed by atoms with E-state index in [2.05, 4.69) is 20.5 Å². The summed E-state index contributed by atoms with van der Waals surface area (Å²) in [5, 5.41) is 12.1. The molecule has 1 fully saturated rings. The first-order chi connectivity index (χ1) is 11.2. The highest BCUT2D eigenvalue weighted by atomic mass is 35.5. The van der Waals surface area contributed by atoms with Crippen LogP contribution >= 0.6 is 23.2 Å². The largest absolute Gasteiger partial charge is 0.342 e. The number of carbonyl (C=O) groups is 1. The number of carbonyl (C=O) groups excluding carboxylic acids is 1. The highest BCUT2D eigenvalue weighted by Crippen LogP contribution is 2.32. The Hall–Kier alpha value is -2.12. The summed E-state index contributed by atoms with van der Waals surface area (Å²) in [5.41, 5.74) is 0.577. The van der Waals surface area contributed by atoms with Gasteiger partial charge in [-0.15, -0.1) is 5.10 Å². The molecule has 9 heteroatoms. The van der Waals surface area contributed by atoms with E-state index in [0.717, 1.165) is 6.41 Å². The van der Waals surface area contributed by atoms with Crippen molar-refractivity contribution in [3.63, 3.8) is 0 Å². The van der Waals surface area contributed by atoms with E-state index < -0.39 is 0 Å². The second-order valence-corrected chi connectivity index (χ2v) is 5.81. The summed E-state index contributed by atoms with van der Waals surface area (Å²) in [6.07, 6.45) is 2.36. The summed E-state index contributed by atoms with van der Waals surface area (Å²) in [4.78, 5) is 18.9. The molecular weight excluding hydrogens is 339 g/mol. The highest BCUT2D eigenvalue weighted by molar-refractivity contribution is 6.39. The van der Waals surface area contributed by atoms with Crippen LogP contribution in [0.5, 0.6) is 0 Å². The normalized spacial score (nSPS) is 14.7. The fraction of sp³-hybridized carbons (Fsp3) is 0.286. The molecule has 0 atom stereocenters. The van der Waals surface area contributed by atoms with Crippen molar-refractivity contribution < 1.29 is 4.79 Å². The number of para-hydroxylation sites is 1. The van der Waals surface area contributed by atoms with Crippen molar-refractivity contribution in [1.82, 2.24) is 20.1 Å². The lowest BCUT2D eigenvalue weighted by Gasteiger charge is -2.32. The highest BCUT2D eigenvalue weighted by Gasteiger charge is 2.18. The van der Waals surface area contributed by atoms with E-state index in [1.54, 1.807) is 23.1 Å². The Labute approximate surface area is 143 Å². The summed E-state index contributed by atoms with van der Waals surface area (Å²) in [6.45, 7) is 2.61. The fourth-order valence-electron chi connectivity index (χ4n) is 2.26. The number of hydrogen-bond acceptors (Lipinski definition) is 6. The van der Waals surface area contributed by atoms with Crippen LogP contribution in [0.3, 0.4) is 0 Å². The van der Waals surface area contributed by atoms with Crippen LogP contribution in [0.4, 0.5) is 17.5 Å². The summed E-state index contributed by atoms with van der Waals surface area (Å²) in [6, 6.07) is 5.25. The van der Waals surface area contributed by atoms with Crippen molar-refractivity contribution in [3.8, 4) is 0 Å². The van der Waals surface area contributed by atoms with Gasteiger partial charge in [0, 0.05) is 26.2 Å². The van der Waals surface area contributed by atoms with E-state index >= 15 is 0 Å². The molecule has 0 bridgehead atoms. The van der Waals surface area contributed by atoms with Crippen LogP contribution in [0, 0.1) is 0 Å². The molecule has 1 N–H and O–H groups in total. The predicted molar refractivity (Wildman–Crippen MR) is 89.4 cm³/mol. The Bertz CT molecular complexity index is 685. The number of hydrogen-bond donors (Lipinski definition) is 1. The molecule has 2 aromatic rings. The Morgan fingerprint density at radius 2 is 1.83 bits per heavy atom. The van der Waals surface area contributed by atoms with Gasteiger partial charge in [-0.1, -0.05) is 29.3 Å². The maximum atomic E-state index is 10.8. The van der Waals surface area contributed by atoms with E-state index in [1.165, 1.54) is 6.20 Å². The number of nitrogens with zero attached hydrogens (tertiary/aromatic N) is 5. The lowest BCUT2D eigenvalue weighted by molar-refractivity contribution is -0.118. The van der Waals surface area contributed by atoms with Gasteiger partial charge in [-0.25, -0.2) is 0 Å². The standard InChI is InChI=1S/C14H14Cl2N6O/c15-10-2-1-3-11(16)13(10)18-12-8-17-20-14(19-12)22-6-4-21(9-23)5-7-22/h1-3,8-9H,4-7H2,(H,18,19,20). The van der Waals surface area contributed by atoms with Crippen LogP contribution in [0.2, 0.25) is 10.0 Å². The Morgan fingerprint density at radius 3 is 2.48 bits per heavy atom. The third kappa shape index (κ3) is 3.62. The van der Waals surface area contributed by atoms with Crippen molar-refractivity contribution >= 4 is 47.1 Å². The number of piperazine rings is 1. The van der Waals surface area contributed by atoms with Crippen molar-refractivity contribution in [2.75, 3.05) is 36.4 Å². The molecule has 1 aromatic carbocycles.